The van der Waals surface area contributed by atoms with Crippen molar-refractivity contribution in [1.29, 1.82) is 0 Å². The largest absolute Gasteiger partial charge is 0.492 e. The van der Waals surface area contributed by atoms with E-state index in [0.29, 0.717) is 24.1 Å². The van der Waals surface area contributed by atoms with Gasteiger partial charge in [-0.1, -0.05) is 41.4 Å². The molecule has 118 valence electrons. The molecule has 0 aliphatic heterocycles. The second kappa shape index (κ2) is 7.66. The minimum atomic E-state index is 0.308. The minimum absolute atomic E-state index is 0.308. The predicted molar refractivity (Wildman–Crippen MR) is 94.0 cm³/mol. The molecule has 0 amide bonds. The first-order valence-corrected chi connectivity index (χ1v) is 8.06. The maximum Gasteiger partial charge on any atom is 0.137 e. The van der Waals surface area contributed by atoms with Crippen LogP contribution in [0.15, 0.2) is 36.4 Å². The summed E-state index contributed by atoms with van der Waals surface area (Å²) in [5, 5.41) is 0.648. The molecule has 0 spiro atoms. The average Bonchev–Trinajstić information content (AvgIpc) is 2.46. The number of aryl methyl sites for hydroxylation is 3. The highest BCUT2D eigenvalue weighted by molar-refractivity contribution is 6.32. The molecule has 2 N–H and O–H groups in total. The van der Waals surface area contributed by atoms with Crippen LogP contribution in [0.5, 0.6) is 5.75 Å². The molecular weight excluding hydrogens is 294 g/mol. The molecule has 0 aliphatic carbocycles. The molecular formula is C19H24ClNO. The van der Waals surface area contributed by atoms with Gasteiger partial charge >= 0.3 is 0 Å². The summed E-state index contributed by atoms with van der Waals surface area (Å²) < 4.78 is 5.81. The Morgan fingerprint density at radius 3 is 2.32 bits per heavy atom. The standard InChI is InChI=1S/C19H24ClNO/c1-13-10-14(2)19(15(3)11-13)16(12-21)8-9-22-18-7-5-4-6-17(18)20/h4-7,10-11,16H,8-9,12,21H2,1-3H3. The zero-order chi connectivity index (χ0) is 16.1. The molecule has 0 saturated carbocycles. The Kier molecular flexibility index (Phi) is 5.87. The van der Waals surface area contributed by atoms with Crippen molar-refractivity contribution in [1.82, 2.24) is 0 Å². The van der Waals surface area contributed by atoms with Crippen molar-refractivity contribution in [2.75, 3.05) is 13.2 Å². The van der Waals surface area contributed by atoms with Crippen molar-refractivity contribution in [3.63, 3.8) is 0 Å². The van der Waals surface area contributed by atoms with Crippen LogP contribution < -0.4 is 10.5 Å². The summed E-state index contributed by atoms with van der Waals surface area (Å²) in [6.07, 6.45) is 0.881. The van der Waals surface area contributed by atoms with Gasteiger partial charge in [-0.25, -0.2) is 0 Å². The van der Waals surface area contributed by atoms with E-state index in [2.05, 4.69) is 32.9 Å². The predicted octanol–water partition coefficient (Wildman–Crippen LogP) is 4.78. The van der Waals surface area contributed by atoms with Crippen LogP contribution in [0, 0.1) is 20.8 Å². The molecule has 2 rings (SSSR count). The van der Waals surface area contributed by atoms with E-state index in [0.717, 1.165) is 12.2 Å². The third-order valence-corrected chi connectivity index (χ3v) is 4.30. The summed E-state index contributed by atoms with van der Waals surface area (Å²) in [5.41, 5.74) is 11.3. The molecule has 1 atom stereocenters. The summed E-state index contributed by atoms with van der Waals surface area (Å²) in [5.74, 6) is 1.04. The normalized spacial score (nSPS) is 12.2. The number of hydrogen-bond donors (Lipinski definition) is 1. The van der Waals surface area contributed by atoms with Crippen molar-refractivity contribution in [3.8, 4) is 5.75 Å². The molecule has 2 aromatic rings. The number of nitrogens with two attached hydrogens (primary N) is 1. The zero-order valence-corrected chi connectivity index (χ0v) is 14.3. The van der Waals surface area contributed by atoms with Gasteiger partial charge in [-0.3, -0.25) is 0 Å². The third kappa shape index (κ3) is 4.02. The highest BCUT2D eigenvalue weighted by Crippen LogP contribution is 2.28. The van der Waals surface area contributed by atoms with Gasteiger partial charge in [0.1, 0.15) is 5.75 Å². The van der Waals surface area contributed by atoms with Gasteiger partial charge in [0.25, 0.3) is 0 Å². The molecule has 0 saturated heterocycles. The summed E-state index contributed by atoms with van der Waals surface area (Å²) in [6.45, 7) is 7.68. The van der Waals surface area contributed by atoms with E-state index in [-0.39, 0.29) is 0 Å². The molecule has 0 fully saturated rings. The van der Waals surface area contributed by atoms with Crippen molar-refractivity contribution in [2.24, 2.45) is 5.73 Å². The smallest absolute Gasteiger partial charge is 0.137 e. The number of ether oxygens (including phenoxy) is 1. The molecule has 0 radical (unpaired) electrons. The van der Waals surface area contributed by atoms with E-state index in [4.69, 9.17) is 22.1 Å². The van der Waals surface area contributed by atoms with Crippen molar-refractivity contribution in [3.05, 3.63) is 63.7 Å². The van der Waals surface area contributed by atoms with Crippen LogP contribution in [0.4, 0.5) is 0 Å². The van der Waals surface area contributed by atoms with Gasteiger partial charge in [0, 0.05) is 0 Å². The van der Waals surface area contributed by atoms with Gasteiger partial charge in [0.15, 0.2) is 0 Å². The summed E-state index contributed by atoms with van der Waals surface area (Å²) in [7, 11) is 0. The first-order valence-electron chi connectivity index (χ1n) is 7.68. The van der Waals surface area contributed by atoms with Crippen LogP contribution in [0.25, 0.3) is 0 Å². The third-order valence-electron chi connectivity index (χ3n) is 3.99. The van der Waals surface area contributed by atoms with E-state index < -0.39 is 0 Å². The minimum Gasteiger partial charge on any atom is -0.492 e. The first-order chi connectivity index (χ1) is 10.5. The van der Waals surface area contributed by atoms with Gasteiger partial charge in [0.2, 0.25) is 0 Å². The van der Waals surface area contributed by atoms with E-state index >= 15 is 0 Å². The van der Waals surface area contributed by atoms with Gasteiger partial charge < -0.3 is 10.5 Å². The highest BCUT2D eigenvalue weighted by Gasteiger charge is 2.15. The van der Waals surface area contributed by atoms with Crippen molar-refractivity contribution < 1.29 is 4.74 Å². The van der Waals surface area contributed by atoms with Gasteiger partial charge in [0.05, 0.1) is 11.6 Å². The van der Waals surface area contributed by atoms with Crippen molar-refractivity contribution >= 4 is 11.6 Å². The number of para-hydroxylation sites is 1. The van der Waals surface area contributed by atoms with E-state index in [1.54, 1.807) is 0 Å². The Labute approximate surface area is 138 Å². The van der Waals surface area contributed by atoms with Gasteiger partial charge in [-0.2, -0.15) is 0 Å². The fourth-order valence-electron chi connectivity index (χ4n) is 3.09. The summed E-state index contributed by atoms with van der Waals surface area (Å²) >= 11 is 6.11. The van der Waals surface area contributed by atoms with Gasteiger partial charge in [-0.15, -0.1) is 0 Å². The molecule has 0 aliphatic rings. The molecule has 0 heterocycles. The Morgan fingerprint density at radius 2 is 1.73 bits per heavy atom. The van der Waals surface area contributed by atoms with Crippen LogP contribution in [0.3, 0.4) is 0 Å². The first kappa shape index (κ1) is 16.9. The lowest BCUT2D eigenvalue weighted by atomic mass is 9.87. The Morgan fingerprint density at radius 1 is 1.09 bits per heavy atom. The molecule has 2 aromatic carbocycles. The molecule has 1 unspecified atom stereocenters. The van der Waals surface area contributed by atoms with E-state index in [1.807, 2.05) is 24.3 Å². The molecule has 3 heteroatoms. The topological polar surface area (TPSA) is 35.2 Å². The quantitative estimate of drug-likeness (QED) is 0.832. The lowest BCUT2D eigenvalue weighted by Crippen LogP contribution is -2.18. The maximum atomic E-state index is 6.11. The number of hydrogen-bond acceptors (Lipinski definition) is 2. The molecule has 2 nitrogen and oxygen atoms in total. The fraction of sp³-hybridized carbons (Fsp3) is 0.368. The van der Waals surface area contributed by atoms with Crippen LogP contribution in [0.1, 0.15) is 34.6 Å². The van der Waals surface area contributed by atoms with Crippen LogP contribution >= 0.6 is 11.6 Å². The summed E-state index contributed by atoms with van der Waals surface area (Å²) in [6, 6.07) is 12.0. The molecule has 0 aromatic heterocycles. The summed E-state index contributed by atoms with van der Waals surface area (Å²) in [4.78, 5) is 0. The maximum absolute atomic E-state index is 6.11. The Hall–Kier alpha value is -1.51. The SMILES string of the molecule is Cc1cc(C)c(C(CN)CCOc2ccccc2Cl)c(C)c1. The average molecular weight is 318 g/mol. The lowest BCUT2D eigenvalue weighted by Gasteiger charge is -2.21. The lowest BCUT2D eigenvalue weighted by molar-refractivity contribution is 0.298. The number of halogens is 1. The van der Waals surface area contributed by atoms with E-state index in [9.17, 15) is 0 Å². The Balaban J connectivity index is 2.06. The zero-order valence-electron chi connectivity index (χ0n) is 13.5. The monoisotopic (exact) mass is 317 g/mol. The highest BCUT2D eigenvalue weighted by atomic mass is 35.5. The number of rotatable bonds is 6. The van der Waals surface area contributed by atoms with Crippen LogP contribution in [-0.2, 0) is 0 Å². The molecule has 0 bridgehead atoms. The van der Waals surface area contributed by atoms with Crippen molar-refractivity contribution in [2.45, 2.75) is 33.1 Å². The fourth-order valence-corrected chi connectivity index (χ4v) is 3.28. The number of benzene rings is 2. The second-order valence-corrected chi connectivity index (χ2v) is 6.22. The van der Waals surface area contributed by atoms with Gasteiger partial charge in [-0.05, 0) is 68.5 Å². The molecule has 22 heavy (non-hydrogen) atoms. The van der Waals surface area contributed by atoms with Crippen LogP contribution in [-0.4, -0.2) is 13.2 Å². The van der Waals surface area contributed by atoms with E-state index in [1.165, 1.54) is 22.3 Å². The van der Waals surface area contributed by atoms with Crippen LogP contribution in [0.2, 0.25) is 5.02 Å². The second-order valence-electron chi connectivity index (χ2n) is 5.81. The Bertz CT molecular complexity index is 616.